The molecule has 0 rings (SSSR count). The van der Waals surface area contributed by atoms with Crippen molar-refractivity contribution in [3.8, 4) is 0 Å². The van der Waals surface area contributed by atoms with E-state index in [2.05, 4.69) is 0 Å². The fraction of sp³-hybridized carbons (Fsp3) is 1.00. The molecule has 2 atom stereocenters. The first-order valence-electron chi connectivity index (χ1n) is 4.65. The topological polar surface area (TPSA) is 36.9 Å². The van der Waals surface area contributed by atoms with Crippen molar-refractivity contribution in [1.82, 2.24) is 0 Å². The van der Waals surface area contributed by atoms with Crippen LogP contribution in [0.4, 0.5) is 0 Å². The van der Waals surface area contributed by atoms with E-state index in [9.17, 15) is 0 Å². The van der Waals surface area contributed by atoms with E-state index in [4.69, 9.17) is 38.0 Å². The molecule has 0 heterocycles. The summed E-state index contributed by atoms with van der Waals surface area (Å²) in [4.78, 5) is 0. The van der Waals surface area contributed by atoms with Gasteiger partial charge in [-0.05, 0) is 0 Å². The van der Waals surface area contributed by atoms with Crippen LogP contribution in [-0.4, -0.2) is 53.3 Å². The van der Waals surface area contributed by atoms with E-state index in [0.29, 0.717) is 13.5 Å². The molecule has 0 saturated carbocycles. The third kappa shape index (κ3) is 9.47. The monoisotopic (exact) mass is 418 g/mol. The van der Waals surface area contributed by atoms with Gasteiger partial charge in [0.25, 0.3) is 0 Å². The second-order valence-corrected chi connectivity index (χ2v) is 26.3. The van der Waals surface area contributed by atoms with Crippen molar-refractivity contribution in [2.75, 3.05) is 40.8 Å². The molecule has 0 spiro atoms. The summed E-state index contributed by atoms with van der Waals surface area (Å²) in [5.41, 5.74) is 0. The molecule has 0 amide bonds. The van der Waals surface area contributed by atoms with Crippen LogP contribution in [0, 0.1) is 0 Å². The SMILES string of the molecule is COC(C[PH][Pd]([Cl])([Cl])[PH]CC(OC)OC)OC. The minimum absolute atomic E-state index is 0.217. The van der Waals surface area contributed by atoms with Crippen LogP contribution in [-0.2, 0) is 31.5 Å². The van der Waals surface area contributed by atoms with E-state index in [0.717, 1.165) is 12.3 Å². The van der Waals surface area contributed by atoms with Crippen LogP contribution >= 0.6 is 32.6 Å². The zero-order valence-electron chi connectivity index (χ0n) is 10.3. The summed E-state index contributed by atoms with van der Waals surface area (Å²) in [6.07, 6.45) is 1.06. The first kappa shape index (κ1) is 18.9. The van der Waals surface area contributed by atoms with Crippen molar-refractivity contribution in [2.45, 2.75) is 12.6 Å². The Bertz CT molecular complexity index is 176. The standard InChI is InChI=1S/2C4H10O2P.2ClH.Pd/c2*1-5-4(3-7)6-2;;;/h2*4,7H,3H2,1-2H3;2*1H;/q2*-1;;;+4/p-2. The first-order valence-corrected chi connectivity index (χ1v) is 15.4. The van der Waals surface area contributed by atoms with Gasteiger partial charge in [-0.15, -0.1) is 0 Å². The number of ether oxygens (including phenoxy) is 4. The predicted octanol–water partition coefficient (Wildman–Crippen LogP) is 2.87. The first-order chi connectivity index (χ1) is 7.99. The fourth-order valence-electron chi connectivity index (χ4n) is 0.833. The van der Waals surface area contributed by atoms with Gasteiger partial charge in [-0.2, -0.15) is 0 Å². The van der Waals surface area contributed by atoms with Gasteiger partial charge in [-0.25, -0.2) is 0 Å². The van der Waals surface area contributed by atoms with Crippen LogP contribution in [0.2, 0.25) is 0 Å². The van der Waals surface area contributed by atoms with E-state index in [1.165, 1.54) is 0 Å². The van der Waals surface area contributed by atoms with E-state index in [1.54, 1.807) is 28.4 Å². The van der Waals surface area contributed by atoms with Crippen molar-refractivity contribution in [3.63, 3.8) is 0 Å². The normalized spacial score (nSPS) is 15.1. The molecule has 9 heteroatoms. The summed E-state index contributed by atoms with van der Waals surface area (Å²) in [7, 11) is 19.2. The molecule has 17 heavy (non-hydrogen) atoms. The van der Waals surface area contributed by atoms with Gasteiger partial charge in [0, 0.05) is 0 Å². The van der Waals surface area contributed by atoms with Gasteiger partial charge in [0.1, 0.15) is 0 Å². The molecule has 2 unspecified atom stereocenters. The summed E-state index contributed by atoms with van der Waals surface area (Å²) in [5.74, 6) is 0. The van der Waals surface area contributed by atoms with Crippen molar-refractivity contribution >= 4 is 32.6 Å². The number of hydrogen-bond donors (Lipinski definition) is 0. The summed E-state index contributed by atoms with van der Waals surface area (Å²) < 4.78 is 20.4. The number of hydrogen-bond acceptors (Lipinski definition) is 4. The fourth-order valence-corrected chi connectivity index (χ4v) is 13.8. The number of halogens is 2. The summed E-state index contributed by atoms with van der Waals surface area (Å²) in [5, 5.41) is 0. The van der Waals surface area contributed by atoms with Crippen LogP contribution < -0.4 is 0 Å². The van der Waals surface area contributed by atoms with Gasteiger partial charge >= 0.3 is 117 Å². The Morgan fingerprint density at radius 2 is 1.12 bits per heavy atom. The Balaban J connectivity index is 3.93. The molecule has 0 bridgehead atoms. The molecule has 0 N–H and O–H groups in total. The number of methoxy groups -OCH3 is 4. The molecule has 0 aromatic rings. The average Bonchev–Trinajstić information content (AvgIpc) is 2.31. The Hall–Kier alpha value is 1.94. The molecular formula is C8H20Cl2O4P2Pd. The molecule has 0 radical (unpaired) electrons. The van der Waals surface area contributed by atoms with Gasteiger partial charge in [0.05, 0.1) is 0 Å². The zero-order chi connectivity index (χ0) is 13.3. The Morgan fingerprint density at radius 1 is 0.824 bits per heavy atom. The van der Waals surface area contributed by atoms with Crippen molar-refractivity contribution < 1.29 is 31.5 Å². The zero-order valence-corrected chi connectivity index (χ0v) is 15.3. The molecule has 0 aliphatic carbocycles. The van der Waals surface area contributed by atoms with E-state index in [1.807, 2.05) is 0 Å². The van der Waals surface area contributed by atoms with Gasteiger partial charge in [-0.1, -0.05) is 0 Å². The van der Waals surface area contributed by atoms with Gasteiger partial charge in [0.2, 0.25) is 0 Å². The van der Waals surface area contributed by atoms with Crippen LogP contribution in [0.3, 0.4) is 0 Å². The molecule has 0 aromatic carbocycles. The molecule has 0 aromatic heterocycles. The Labute approximate surface area is 117 Å². The van der Waals surface area contributed by atoms with Crippen molar-refractivity contribution in [1.29, 1.82) is 0 Å². The molecule has 110 valence electrons. The maximum atomic E-state index is 6.37. The predicted molar refractivity (Wildman–Crippen MR) is 73.7 cm³/mol. The second kappa shape index (κ2) is 10.7. The van der Waals surface area contributed by atoms with Crippen LogP contribution in [0.5, 0.6) is 0 Å². The summed E-state index contributed by atoms with van der Waals surface area (Å²) in [6.45, 7) is 0.975. The van der Waals surface area contributed by atoms with E-state index < -0.39 is 12.5 Å². The summed E-state index contributed by atoms with van der Waals surface area (Å²) in [6, 6.07) is 0. The van der Waals surface area contributed by atoms with E-state index in [-0.39, 0.29) is 12.6 Å². The van der Waals surface area contributed by atoms with Gasteiger partial charge in [-0.3, -0.25) is 0 Å². The second-order valence-electron chi connectivity index (χ2n) is 2.80. The van der Waals surface area contributed by atoms with Crippen LogP contribution in [0.1, 0.15) is 0 Å². The third-order valence-corrected chi connectivity index (χ3v) is 19.3. The number of rotatable bonds is 10. The van der Waals surface area contributed by atoms with Gasteiger partial charge in [0.15, 0.2) is 0 Å². The summed E-state index contributed by atoms with van der Waals surface area (Å²) >= 11 is -2.33. The molecular weight excluding hydrogens is 399 g/mol. The molecule has 0 aliphatic heterocycles. The molecule has 0 fully saturated rings. The van der Waals surface area contributed by atoms with Crippen LogP contribution in [0.15, 0.2) is 0 Å². The molecule has 4 nitrogen and oxygen atoms in total. The average molecular weight is 420 g/mol. The Morgan fingerprint density at radius 3 is 1.35 bits per heavy atom. The van der Waals surface area contributed by atoms with Gasteiger partial charge < -0.3 is 0 Å². The minimum atomic E-state index is -2.33. The van der Waals surface area contributed by atoms with Crippen LogP contribution in [0.25, 0.3) is 0 Å². The Kier molecular flexibility index (Phi) is 11.9. The third-order valence-electron chi connectivity index (χ3n) is 1.79. The quantitative estimate of drug-likeness (QED) is 0.310. The van der Waals surface area contributed by atoms with E-state index >= 15 is 0 Å². The van der Waals surface area contributed by atoms with Crippen molar-refractivity contribution in [3.05, 3.63) is 0 Å². The maximum absolute atomic E-state index is 6.37. The molecule has 0 aliphatic rings. The van der Waals surface area contributed by atoms with Crippen molar-refractivity contribution in [2.24, 2.45) is 0 Å². The molecule has 0 saturated heterocycles.